The number of rotatable bonds is 2. The summed E-state index contributed by atoms with van der Waals surface area (Å²) in [7, 11) is 0. The van der Waals surface area contributed by atoms with Crippen LogP contribution in [0, 0.1) is 29.8 Å². The highest BCUT2D eigenvalue weighted by Gasteiger charge is 2.52. The Morgan fingerprint density at radius 3 is 2.47 bits per heavy atom. The van der Waals surface area contributed by atoms with Crippen molar-refractivity contribution in [1.82, 2.24) is 5.32 Å². The van der Waals surface area contributed by atoms with E-state index in [0.717, 1.165) is 13.0 Å². The second-order valence-electron chi connectivity index (χ2n) is 10.6. The van der Waals surface area contributed by atoms with E-state index in [0.29, 0.717) is 19.4 Å². The van der Waals surface area contributed by atoms with Gasteiger partial charge in [0.15, 0.2) is 11.4 Å². The quantitative estimate of drug-likeness (QED) is 0.379. The van der Waals surface area contributed by atoms with Gasteiger partial charge in [0.1, 0.15) is 17.6 Å². The van der Waals surface area contributed by atoms with Crippen LogP contribution in [0.15, 0.2) is 0 Å². The minimum Gasteiger partial charge on any atom is -0.457 e. The molecule has 0 radical (unpaired) electrons. The summed E-state index contributed by atoms with van der Waals surface area (Å²) in [4.78, 5) is 26.9. The Morgan fingerprint density at radius 1 is 1.22 bits per heavy atom. The van der Waals surface area contributed by atoms with Crippen LogP contribution in [0.3, 0.4) is 0 Å². The van der Waals surface area contributed by atoms with Gasteiger partial charge in [-0.05, 0) is 65.8 Å². The molecule has 0 aromatic rings. The number of carbonyl (C=O) groups is 2. The minimum atomic E-state index is -1.30. The van der Waals surface area contributed by atoms with Gasteiger partial charge in [-0.1, -0.05) is 27.2 Å². The zero-order valence-electron chi connectivity index (χ0n) is 20.8. The van der Waals surface area contributed by atoms with E-state index in [1.807, 2.05) is 20.8 Å². The van der Waals surface area contributed by atoms with Crippen molar-refractivity contribution in [3.63, 3.8) is 0 Å². The lowest BCUT2D eigenvalue weighted by molar-refractivity contribution is -0.184. The van der Waals surface area contributed by atoms with Gasteiger partial charge < -0.3 is 25.3 Å². The van der Waals surface area contributed by atoms with E-state index in [9.17, 15) is 9.59 Å². The predicted octanol–water partition coefficient (Wildman–Crippen LogP) is 2.80. The first-order valence-electron chi connectivity index (χ1n) is 11.8. The van der Waals surface area contributed by atoms with Crippen LogP contribution in [-0.4, -0.2) is 54.3 Å². The van der Waals surface area contributed by atoms with Gasteiger partial charge in [0, 0.05) is 18.6 Å². The molecule has 3 fully saturated rings. The molecule has 0 aromatic heterocycles. The van der Waals surface area contributed by atoms with Gasteiger partial charge in [-0.25, -0.2) is 0 Å². The number of hydrogen-bond acceptors (Lipinski definition) is 7. The zero-order valence-corrected chi connectivity index (χ0v) is 20.8. The third-order valence-corrected chi connectivity index (χ3v) is 7.54. The van der Waals surface area contributed by atoms with Crippen molar-refractivity contribution in [1.29, 1.82) is 0 Å². The van der Waals surface area contributed by atoms with Crippen molar-refractivity contribution in [2.75, 3.05) is 13.2 Å². The van der Waals surface area contributed by atoms with Crippen LogP contribution in [-0.2, 0) is 23.8 Å². The summed E-state index contributed by atoms with van der Waals surface area (Å²) in [6.45, 7) is 14.4. The average molecular weight is 451 g/mol. The van der Waals surface area contributed by atoms with Gasteiger partial charge in [-0.2, -0.15) is 0 Å². The number of ether oxygens (including phenoxy) is 3. The Labute approximate surface area is 193 Å². The number of nitrogens with one attached hydrogen (secondary N) is 1. The van der Waals surface area contributed by atoms with E-state index in [1.54, 1.807) is 13.8 Å². The molecule has 7 nitrogen and oxygen atoms in total. The summed E-state index contributed by atoms with van der Waals surface area (Å²) >= 11 is 0. The van der Waals surface area contributed by atoms with Crippen LogP contribution in [0.1, 0.15) is 74.1 Å². The fraction of sp³-hybridized carbons (Fsp3) is 0.840. The molecule has 3 aliphatic heterocycles. The van der Waals surface area contributed by atoms with Crippen molar-refractivity contribution < 1.29 is 23.8 Å². The number of ketones is 1. The van der Waals surface area contributed by atoms with Crippen LogP contribution in [0.5, 0.6) is 0 Å². The van der Waals surface area contributed by atoms with Gasteiger partial charge in [0.25, 0.3) is 0 Å². The first-order chi connectivity index (χ1) is 14.8. The van der Waals surface area contributed by atoms with Gasteiger partial charge in [0.05, 0.1) is 11.6 Å². The molecule has 0 aromatic carbocycles. The lowest BCUT2D eigenvalue weighted by Crippen LogP contribution is -2.63. The molecule has 7 heteroatoms. The molecule has 3 saturated heterocycles. The van der Waals surface area contributed by atoms with E-state index in [4.69, 9.17) is 26.4 Å². The van der Waals surface area contributed by atoms with Gasteiger partial charge in [0.2, 0.25) is 0 Å². The number of terminal acetylenes is 1. The molecule has 3 rings (SSSR count). The number of hydrogen-bond donors (Lipinski definition) is 2. The fourth-order valence-corrected chi connectivity index (χ4v) is 5.47. The Morgan fingerprint density at radius 2 is 1.88 bits per heavy atom. The molecule has 182 valence electrons. The van der Waals surface area contributed by atoms with Crippen LogP contribution in [0.4, 0.5) is 0 Å². The van der Waals surface area contributed by atoms with Crippen molar-refractivity contribution in [2.45, 2.75) is 104 Å². The largest absolute Gasteiger partial charge is 0.457 e. The normalized spacial score (nSPS) is 44.5. The molecule has 0 saturated carbocycles. The first-order valence-corrected chi connectivity index (χ1v) is 11.8. The molecule has 3 heterocycles. The number of nitrogens with two attached hydrogens (primary N) is 1. The number of esters is 1. The molecule has 0 amide bonds. The lowest BCUT2D eigenvalue weighted by Gasteiger charge is -2.43. The molecular formula is C25H42N2O5. The van der Waals surface area contributed by atoms with E-state index < -0.39 is 34.7 Å². The van der Waals surface area contributed by atoms with Crippen molar-refractivity contribution in [3.8, 4) is 12.5 Å². The smallest absolute Gasteiger partial charge is 0.319 e. The van der Waals surface area contributed by atoms with Crippen LogP contribution in [0.25, 0.3) is 0 Å². The molecule has 8 atom stereocenters. The number of fused-ring (bicyclic) bond motifs is 13. The summed E-state index contributed by atoms with van der Waals surface area (Å²) in [5.74, 6) is -0.730. The minimum absolute atomic E-state index is 0.107. The summed E-state index contributed by atoms with van der Waals surface area (Å²) in [6, 6.07) is -0.708. The molecule has 32 heavy (non-hydrogen) atoms. The molecule has 0 spiro atoms. The van der Waals surface area contributed by atoms with Crippen molar-refractivity contribution >= 4 is 11.8 Å². The predicted molar refractivity (Wildman–Crippen MR) is 124 cm³/mol. The Hall–Kier alpha value is -1.62. The summed E-state index contributed by atoms with van der Waals surface area (Å²) in [5, 5.41) is 3.50. The monoisotopic (exact) mass is 450 g/mol. The third-order valence-electron chi connectivity index (χ3n) is 7.54. The molecule has 3 aliphatic rings. The lowest BCUT2D eigenvalue weighted by atomic mass is 9.72. The van der Waals surface area contributed by atoms with Crippen LogP contribution >= 0.6 is 0 Å². The topological polar surface area (TPSA) is 99.9 Å². The highest BCUT2D eigenvalue weighted by atomic mass is 16.6. The summed E-state index contributed by atoms with van der Waals surface area (Å²) < 4.78 is 18.0. The summed E-state index contributed by atoms with van der Waals surface area (Å²) in [6.07, 6.45) is 9.09. The number of carbonyl (C=O) groups excluding carboxylic acids is 2. The van der Waals surface area contributed by atoms with Crippen LogP contribution < -0.4 is 11.1 Å². The molecule has 0 aliphatic carbocycles. The third kappa shape index (κ3) is 5.30. The molecule has 3 N–H and O–H groups in total. The van der Waals surface area contributed by atoms with E-state index in [-0.39, 0.29) is 30.1 Å². The van der Waals surface area contributed by atoms with Crippen molar-refractivity contribution in [2.24, 2.45) is 23.0 Å². The standard InChI is InChI=1S/C25H42N2O5/c1-9-19-25(8,30-10-2)20(26)18(5)27-15-16(3)13-23(6)14-17(4)21(28)24(7,11-12-31-23)22(29)32-19/h2,16-20,27H,9,11-15,26H2,1,3-8H3/t16-,17-,18?,19-,20?,23+,24+,25-/m1/s1. The Kier molecular flexibility index (Phi) is 8.41. The fourth-order valence-electron chi connectivity index (χ4n) is 5.47. The molecular weight excluding hydrogens is 408 g/mol. The Balaban J connectivity index is 2.54. The van der Waals surface area contributed by atoms with E-state index in [1.165, 1.54) is 0 Å². The second kappa shape index (κ2) is 10.1. The van der Waals surface area contributed by atoms with E-state index >= 15 is 0 Å². The highest BCUT2D eigenvalue weighted by molar-refractivity contribution is 6.04. The molecule has 2 unspecified atom stereocenters. The summed E-state index contributed by atoms with van der Waals surface area (Å²) in [5.41, 5.74) is 3.76. The zero-order chi connectivity index (χ0) is 24.3. The maximum Gasteiger partial charge on any atom is 0.319 e. The van der Waals surface area contributed by atoms with Gasteiger partial charge in [-0.3, -0.25) is 9.59 Å². The Bertz CT molecular complexity index is 736. The van der Waals surface area contributed by atoms with Gasteiger partial charge >= 0.3 is 5.97 Å². The first kappa shape index (κ1) is 26.6. The number of Topliss-reactive ketones (excluding diaryl/α,β-unsaturated/α-hetero) is 1. The maximum atomic E-state index is 13.5. The van der Waals surface area contributed by atoms with Gasteiger partial charge in [-0.15, -0.1) is 0 Å². The van der Waals surface area contributed by atoms with Crippen LogP contribution in [0.2, 0.25) is 0 Å². The van der Waals surface area contributed by atoms with Crippen molar-refractivity contribution in [3.05, 3.63) is 0 Å². The maximum absolute atomic E-state index is 13.5. The van der Waals surface area contributed by atoms with E-state index in [2.05, 4.69) is 25.3 Å². The molecule has 2 bridgehead atoms. The average Bonchev–Trinajstić information content (AvgIpc) is 2.72. The second-order valence-corrected chi connectivity index (χ2v) is 10.6. The highest BCUT2D eigenvalue weighted by Crippen LogP contribution is 2.39. The SMILES string of the molecule is C#CO[C@@]1(C)C(N)C(C)NC[C@H](C)C[C@@]2(C)C[C@@H](C)C(=O)[C@](C)(CCO2)C(=O)O[C@@H]1CC.